The third-order valence-electron chi connectivity index (χ3n) is 3.84. The lowest BCUT2D eigenvalue weighted by atomic mass is 10.2. The molecule has 0 amide bonds. The number of halogens is 1. The molecule has 4 N–H and O–H groups in total. The molecule has 0 saturated carbocycles. The zero-order chi connectivity index (χ0) is 19.2. The predicted octanol–water partition coefficient (Wildman–Crippen LogP) is 3.34. The summed E-state index contributed by atoms with van der Waals surface area (Å²) in [5.74, 6) is 0.00627. The number of nitrogens with two attached hydrogens (primary N) is 1. The van der Waals surface area contributed by atoms with Crippen LogP contribution in [0.25, 0.3) is 0 Å². The van der Waals surface area contributed by atoms with Crippen molar-refractivity contribution in [2.75, 3.05) is 23.5 Å². The zero-order valence-corrected chi connectivity index (χ0v) is 14.6. The smallest absolute Gasteiger partial charge is 0.339 e. The van der Waals surface area contributed by atoms with Crippen LogP contribution in [0.2, 0.25) is 0 Å². The molecule has 0 bridgehead atoms. The summed E-state index contributed by atoms with van der Waals surface area (Å²) in [7, 11) is 1.32. The Bertz CT molecular complexity index is 947. The van der Waals surface area contributed by atoms with Crippen LogP contribution in [0.3, 0.4) is 0 Å². The minimum atomic E-state index is -0.472. The van der Waals surface area contributed by atoms with Crippen LogP contribution in [0.1, 0.15) is 15.9 Å². The average Bonchev–Trinajstić information content (AvgIpc) is 2.69. The van der Waals surface area contributed by atoms with E-state index in [1.54, 1.807) is 36.4 Å². The number of para-hydroxylation sites is 1. The molecular weight excluding hydrogens is 349 g/mol. The van der Waals surface area contributed by atoms with E-state index in [1.165, 1.54) is 25.6 Å². The van der Waals surface area contributed by atoms with Gasteiger partial charge in [0.05, 0.1) is 18.4 Å². The molecule has 0 unspecified atom stereocenters. The normalized spacial score (nSPS) is 10.3. The van der Waals surface area contributed by atoms with Gasteiger partial charge < -0.3 is 21.1 Å². The monoisotopic (exact) mass is 367 g/mol. The number of aromatic nitrogens is 2. The Morgan fingerprint density at radius 2 is 1.81 bits per heavy atom. The molecule has 0 aliphatic carbocycles. The molecule has 1 aromatic heterocycles. The molecule has 0 saturated heterocycles. The summed E-state index contributed by atoms with van der Waals surface area (Å²) in [6, 6.07) is 13.0. The van der Waals surface area contributed by atoms with Gasteiger partial charge in [-0.1, -0.05) is 24.3 Å². The van der Waals surface area contributed by atoms with Gasteiger partial charge in [0, 0.05) is 6.54 Å². The number of carbonyl (C=O) groups excluding carboxylic acids is 1. The maximum absolute atomic E-state index is 13.0. The Kier molecular flexibility index (Phi) is 5.46. The van der Waals surface area contributed by atoms with Crippen LogP contribution < -0.4 is 16.4 Å². The molecule has 0 aliphatic rings. The standard InChI is InChI=1S/C19H18FN5O2/c1-27-19(26)14-4-2-3-5-15(14)25-18-16(21)17(23-11-24-18)22-10-12-6-8-13(20)9-7-12/h2-9,11H,10,21H2,1H3,(H2,22,23,24,25). The molecule has 8 heteroatoms. The van der Waals surface area contributed by atoms with Crippen molar-refractivity contribution < 1.29 is 13.9 Å². The highest BCUT2D eigenvalue weighted by Gasteiger charge is 2.14. The summed E-state index contributed by atoms with van der Waals surface area (Å²) in [5.41, 5.74) is 8.19. The minimum absolute atomic E-state index is 0.291. The van der Waals surface area contributed by atoms with Gasteiger partial charge in [-0.15, -0.1) is 0 Å². The van der Waals surface area contributed by atoms with E-state index < -0.39 is 5.97 Å². The number of methoxy groups -OCH3 is 1. The topological polar surface area (TPSA) is 102 Å². The molecule has 3 rings (SSSR count). The highest BCUT2D eigenvalue weighted by atomic mass is 19.1. The molecule has 1 heterocycles. The number of nitrogen functional groups attached to an aromatic ring is 1. The Morgan fingerprint density at radius 1 is 1.11 bits per heavy atom. The number of nitrogens with zero attached hydrogens (tertiary/aromatic N) is 2. The van der Waals surface area contributed by atoms with Gasteiger partial charge >= 0.3 is 5.97 Å². The zero-order valence-electron chi connectivity index (χ0n) is 14.6. The molecule has 0 aliphatic heterocycles. The summed E-state index contributed by atoms with van der Waals surface area (Å²) in [5, 5.41) is 6.13. The number of nitrogens with one attached hydrogen (secondary N) is 2. The largest absolute Gasteiger partial charge is 0.465 e. The molecule has 0 spiro atoms. The summed E-state index contributed by atoms with van der Waals surface area (Å²) in [6.45, 7) is 0.416. The Balaban J connectivity index is 1.79. The minimum Gasteiger partial charge on any atom is -0.465 e. The van der Waals surface area contributed by atoms with E-state index in [9.17, 15) is 9.18 Å². The lowest BCUT2D eigenvalue weighted by Gasteiger charge is -2.14. The van der Waals surface area contributed by atoms with Crippen LogP contribution in [0.5, 0.6) is 0 Å². The van der Waals surface area contributed by atoms with Crippen molar-refractivity contribution in [1.29, 1.82) is 0 Å². The Labute approximate surface area is 155 Å². The first-order valence-corrected chi connectivity index (χ1v) is 8.11. The quantitative estimate of drug-likeness (QED) is 0.574. The first-order valence-electron chi connectivity index (χ1n) is 8.11. The number of hydrogen-bond acceptors (Lipinski definition) is 7. The van der Waals surface area contributed by atoms with Crippen LogP contribution in [0.4, 0.5) is 27.4 Å². The van der Waals surface area contributed by atoms with Crippen molar-refractivity contribution in [3.63, 3.8) is 0 Å². The second kappa shape index (κ2) is 8.13. The highest BCUT2D eigenvalue weighted by molar-refractivity contribution is 5.97. The number of carbonyl (C=O) groups is 1. The fourth-order valence-corrected chi connectivity index (χ4v) is 2.43. The van der Waals surface area contributed by atoms with E-state index in [2.05, 4.69) is 20.6 Å². The van der Waals surface area contributed by atoms with Gasteiger partial charge in [0.2, 0.25) is 0 Å². The second-order valence-corrected chi connectivity index (χ2v) is 5.63. The van der Waals surface area contributed by atoms with Crippen molar-refractivity contribution in [1.82, 2.24) is 9.97 Å². The molecule has 7 nitrogen and oxygen atoms in total. The summed E-state index contributed by atoms with van der Waals surface area (Å²) < 4.78 is 17.8. The van der Waals surface area contributed by atoms with Gasteiger partial charge in [-0.3, -0.25) is 0 Å². The number of rotatable bonds is 6. The molecular formula is C19H18FN5O2. The van der Waals surface area contributed by atoms with Crippen LogP contribution in [0.15, 0.2) is 54.9 Å². The van der Waals surface area contributed by atoms with Crippen LogP contribution in [-0.2, 0) is 11.3 Å². The summed E-state index contributed by atoms with van der Waals surface area (Å²) in [4.78, 5) is 20.2. The maximum Gasteiger partial charge on any atom is 0.339 e. The fourth-order valence-electron chi connectivity index (χ4n) is 2.43. The van der Waals surface area contributed by atoms with Crippen molar-refractivity contribution >= 4 is 29.0 Å². The SMILES string of the molecule is COC(=O)c1ccccc1Nc1ncnc(NCc2ccc(F)cc2)c1N. The van der Waals surface area contributed by atoms with Crippen molar-refractivity contribution in [2.45, 2.75) is 6.54 Å². The third-order valence-corrected chi connectivity index (χ3v) is 3.84. The Morgan fingerprint density at radius 3 is 2.56 bits per heavy atom. The number of benzene rings is 2. The van der Waals surface area contributed by atoms with Gasteiger partial charge in [-0.2, -0.15) is 0 Å². The predicted molar refractivity (Wildman–Crippen MR) is 101 cm³/mol. The average molecular weight is 367 g/mol. The first kappa shape index (κ1) is 18.1. The number of esters is 1. The van der Waals surface area contributed by atoms with Gasteiger partial charge in [0.25, 0.3) is 0 Å². The number of ether oxygens (including phenoxy) is 1. The van der Waals surface area contributed by atoms with Gasteiger partial charge in [-0.05, 0) is 29.8 Å². The highest BCUT2D eigenvalue weighted by Crippen LogP contribution is 2.28. The number of hydrogen-bond donors (Lipinski definition) is 3. The van der Waals surface area contributed by atoms with Crippen molar-refractivity contribution in [3.8, 4) is 0 Å². The number of anilines is 4. The van der Waals surface area contributed by atoms with Gasteiger partial charge in [0.1, 0.15) is 17.8 Å². The molecule has 0 atom stereocenters. The van der Waals surface area contributed by atoms with E-state index >= 15 is 0 Å². The van der Waals surface area contributed by atoms with Gasteiger partial charge in [0.15, 0.2) is 11.6 Å². The molecule has 3 aromatic rings. The van der Waals surface area contributed by atoms with Gasteiger partial charge in [-0.25, -0.2) is 19.2 Å². The lowest BCUT2D eigenvalue weighted by Crippen LogP contribution is -2.10. The molecule has 27 heavy (non-hydrogen) atoms. The fraction of sp³-hybridized carbons (Fsp3) is 0.105. The van der Waals surface area contributed by atoms with Crippen LogP contribution >= 0.6 is 0 Å². The van der Waals surface area contributed by atoms with E-state index in [1.807, 2.05) is 0 Å². The first-order chi connectivity index (χ1) is 13.1. The van der Waals surface area contributed by atoms with Crippen molar-refractivity contribution in [3.05, 3.63) is 71.8 Å². The molecule has 0 fully saturated rings. The summed E-state index contributed by atoms with van der Waals surface area (Å²) >= 11 is 0. The van der Waals surface area contributed by atoms with E-state index in [4.69, 9.17) is 10.5 Å². The van der Waals surface area contributed by atoms with Crippen LogP contribution in [-0.4, -0.2) is 23.0 Å². The molecule has 2 aromatic carbocycles. The Hall–Kier alpha value is -3.68. The molecule has 138 valence electrons. The summed E-state index contributed by atoms with van der Waals surface area (Å²) in [6.07, 6.45) is 1.35. The van der Waals surface area contributed by atoms with E-state index in [0.717, 1.165) is 5.56 Å². The van der Waals surface area contributed by atoms with E-state index in [0.29, 0.717) is 35.1 Å². The van der Waals surface area contributed by atoms with Crippen molar-refractivity contribution in [2.24, 2.45) is 0 Å². The third kappa shape index (κ3) is 4.30. The lowest BCUT2D eigenvalue weighted by molar-refractivity contribution is 0.0602. The second-order valence-electron chi connectivity index (χ2n) is 5.63. The maximum atomic E-state index is 13.0. The van der Waals surface area contributed by atoms with E-state index in [-0.39, 0.29) is 5.82 Å². The van der Waals surface area contributed by atoms with Crippen LogP contribution in [0, 0.1) is 5.82 Å². The molecule has 0 radical (unpaired) electrons.